The van der Waals surface area contributed by atoms with E-state index in [0.717, 1.165) is 37.3 Å². The van der Waals surface area contributed by atoms with Crippen molar-refractivity contribution in [2.75, 3.05) is 23.3 Å². The molecule has 2 aromatic heterocycles. The predicted molar refractivity (Wildman–Crippen MR) is 98.3 cm³/mol. The van der Waals surface area contributed by atoms with Gasteiger partial charge in [0.25, 0.3) is 11.5 Å². The van der Waals surface area contributed by atoms with E-state index in [1.54, 1.807) is 18.2 Å². The van der Waals surface area contributed by atoms with Crippen LogP contribution in [0.5, 0.6) is 0 Å². The average Bonchev–Trinajstić information content (AvgIpc) is 3.34. The van der Waals surface area contributed by atoms with Crippen molar-refractivity contribution in [3.8, 4) is 11.3 Å². The zero-order valence-electron chi connectivity index (χ0n) is 14.0. The molecule has 0 atom stereocenters. The first-order chi connectivity index (χ1) is 12.7. The minimum absolute atomic E-state index is 0.187. The zero-order chi connectivity index (χ0) is 17.9. The van der Waals surface area contributed by atoms with E-state index >= 15 is 0 Å². The molecule has 1 aliphatic rings. The van der Waals surface area contributed by atoms with E-state index in [1.807, 2.05) is 18.2 Å². The summed E-state index contributed by atoms with van der Waals surface area (Å²) in [5.74, 6) is 0.497. The minimum atomic E-state index is -0.312. The number of benzene rings is 1. The molecule has 3 N–H and O–H groups in total. The molecule has 1 saturated heterocycles. The molecule has 1 aliphatic heterocycles. The number of hydrogen-bond donors (Lipinski definition) is 3. The first-order valence-electron chi connectivity index (χ1n) is 8.47. The van der Waals surface area contributed by atoms with Gasteiger partial charge in [-0.3, -0.25) is 19.8 Å². The topological polar surface area (TPSA) is 107 Å². The Labute approximate surface area is 149 Å². The number of rotatable bonds is 4. The van der Waals surface area contributed by atoms with Crippen LogP contribution in [0.25, 0.3) is 11.3 Å². The fourth-order valence-electron chi connectivity index (χ4n) is 2.98. The van der Waals surface area contributed by atoms with Gasteiger partial charge in [0.15, 0.2) is 11.5 Å². The molecule has 0 spiro atoms. The van der Waals surface area contributed by atoms with E-state index in [2.05, 4.69) is 30.6 Å². The first kappa shape index (κ1) is 16.1. The van der Waals surface area contributed by atoms with Crippen molar-refractivity contribution in [3.05, 3.63) is 58.5 Å². The van der Waals surface area contributed by atoms with Crippen LogP contribution in [-0.2, 0) is 0 Å². The number of carbonyl (C=O) groups excluding carboxylic acids is 1. The van der Waals surface area contributed by atoms with Crippen LogP contribution in [0.15, 0.2) is 47.3 Å². The van der Waals surface area contributed by atoms with Gasteiger partial charge in [-0.05, 0) is 42.7 Å². The van der Waals surface area contributed by atoms with Gasteiger partial charge in [0.2, 0.25) is 0 Å². The number of nitrogens with zero attached hydrogens (tertiary/aromatic N) is 3. The summed E-state index contributed by atoms with van der Waals surface area (Å²) < 4.78 is 0. The molecule has 1 aromatic carbocycles. The van der Waals surface area contributed by atoms with Crippen LogP contribution in [0.2, 0.25) is 0 Å². The second kappa shape index (κ2) is 6.83. The highest BCUT2D eigenvalue weighted by Gasteiger charge is 2.15. The van der Waals surface area contributed by atoms with Crippen LogP contribution in [0.1, 0.15) is 23.3 Å². The van der Waals surface area contributed by atoms with Crippen molar-refractivity contribution in [3.63, 3.8) is 0 Å². The van der Waals surface area contributed by atoms with Crippen molar-refractivity contribution in [2.24, 2.45) is 0 Å². The normalized spacial score (nSPS) is 13.8. The van der Waals surface area contributed by atoms with Gasteiger partial charge >= 0.3 is 0 Å². The average molecular weight is 350 g/mol. The van der Waals surface area contributed by atoms with E-state index in [4.69, 9.17) is 0 Å². The van der Waals surface area contributed by atoms with Gasteiger partial charge < -0.3 is 10.2 Å². The summed E-state index contributed by atoms with van der Waals surface area (Å²) >= 11 is 0. The Morgan fingerprint density at radius 3 is 2.38 bits per heavy atom. The largest absolute Gasteiger partial charge is 0.355 e. The number of carbonyl (C=O) groups is 1. The molecule has 8 heteroatoms. The van der Waals surface area contributed by atoms with E-state index in [1.165, 1.54) is 6.07 Å². The van der Waals surface area contributed by atoms with Gasteiger partial charge in [0.1, 0.15) is 0 Å². The first-order valence-corrected chi connectivity index (χ1v) is 8.47. The number of H-pyrrole nitrogens is 2. The Morgan fingerprint density at radius 1 is 1.00 bits per heavy atom. The predicted octanol–water partition coefficient (Wildman–Crippen LogP) is 2.01. The third-order valence-corrected chi connectivity index (χ3v) is 4.36. The van der Waals surface area contributed by atoms with Gasteiger partial charge in [-0.1, -0.05) is 12.1 Å². The Bertz CT molecular complexity index is 952. The molecule has 0 aliphatic carbocycles. The lowest BCUT2D eigenvalue weighted by Crippen LogP contribution is -2.21. The lowest BCUT2D eigenvalue weighted by atomic mass is 10.1. The molecule has 0 saturated carbocycles. The molecule has 1 amide bonds. The van der Waals surface area contributed by atoms with Gasteiger partial charge in [-0.2, -0.15) is 0 Å². The highest BCUT2D eigenvalue weighted by Crippen LogP contribution is 2.19. The minimum Gasteiger partial charge on any atom is -0.355 e. The van der Waals surface area contributed by atoms with Crippen LogP contribution < -0.4 is 15.8 Å². The van der Waals surface area contributed by atoms with Crippen LogP contribution in [0.3, 0.4) is 0 Å². The molecule has 26 heavy (non-hydrogen) atoms. The summed E-state index contributed by atoms with van der Waals surface area (Å²) in [4.78, 5) is 25.7. The molecule has 0 unspecified atom stereocenters. The van der Waals surface area contributed by atoms with Crippen LogP contribution in [0, 0.1) is 0 Å². The molecular formula is C18H18N6O2. The molecule has 3 heterocycles. The maximum absolute atomic E-state index is 12.3. The van der Waals surface area contributed by atoms with E-state index in [0.29, 0.717) is 11.4 Å². The highest BCUT2D eigenvalue weighted by molar-refractivity contribution is 6.02. The number of aromatic amines is 2. The highest BCUT2D eigenvalue weighted by atomic mass is 16.2. The summed E-state index contributed by atoms with van der Waals surface area (Å²) in [5.41, 5.74) is 2.26. The Kier molecular flexibility index (Phi) is 4.22. The number of amides is 1. The summed E-state index contributed by atoms with van der Waals surface area (Å²) in [6.45, 7) is 1.97. The maximum atomic E-state index is 12.3. The van der Waals surface area contributed by atoms with Crippen molar-refractivity contribution in [2.45, 2.75) is 12.8 Å². The number of hydrogen-bond acceptors (Lipinski definition) is 5. The second-order valence-electron chi connectivity index (χ2n) is 6.17. The van der Waals surface area contributed by atoms with Crippen LogP contribution >= 0.6 is 0 Å². The van der Waals surface area contributed by atoms with Gasteiger partial charge in [-0.15, -0.1) is 10.2 Å². The van der Waals surface area contributed by atoms with Crippen molar-refractivity contribution in [1.82, 2.24) is 20.4 Å². The fraction of sp³-hybridized carbons (Fsp3) is 0.222. The molecule has 8 nitrogen and oxygen atoms in total. The summed E-state index contributed by atoms with van der Waals surface area (Å²) in [6, 6.07) is 12.2. The lowest BCUT2D eigenvalue weighted by molar-refractivity contribution is 0.102. The van der Waals surface area contributed by atoms with Crippen LogP contribution in [0.4, 0.5) is 11.5 Å². The standard InChI is InChI=1S/C18H18N6O2/c25-17-11-15(21-23-17)12-3-5-13(6-4-12)19-18(26)14-7-8-16(22-20-14)24-9-1-2-10-24/h3-8,11H,1-2,9-10H2,(H,19,26)(H2,21,23,25). The zero-order valence-corrected chi connectivity index (χ0v) is 14.0. The molecule has 132 valence electrons. The van der Waals surface area contributed by atoms with Gasteiger partial charge in [0.05, 0.1) is 5.69 Å². The molecule has 3 aromatic rings. The Balaban J connectivity index is 1.43. The molecule has 1 fully saturated rings. The smallest absolute Gasteiger partial charge is 0.276 e. The number of nitrogens with one attached hydrogen (secondary N) is 3. The summed E-state index contributed by atoms with van der Waals surface area (Å²) in [7, 11) is 0. The van der Waals surface area contributed by atoms with Crippen molar-refractivity contribution < 1.29 is 4.79 Å². The lowest BCUT2D eigenvalue weighted by Gasteiger charge is -2.15. The Morgan fingerprint density at radius 2 is 1.77 bits per heavy atom. The third-order valence-electron chi connectivity index (χ3n) is 4.36. The number of anilines is 2. The molecule has 0 bridgehead atoms. The quantitative estimate of drug-likeness (QED) is 0.667. The van der Waals surface area contributed by atoms with Crippen molar-refractivity contribution >= 4 is 17.4 Å². The van der Waals surface area contributed by atoms with E-state index in [9.17, 15) is 9.59 Å². The molecular weight excluding hydrogens is 332 g/mol. The fourth-order valence-corrected chi connectivity index (χ4v) is 2.98. The summed E-state index contributed by atoms with van der Waals surface area (Å²) in [6.07, 6.45) is 2.33. The van der Waals surface area contributed by atoms with Gasteiger partial charge in [-0.25, -0.2) is 0 Å². The molecule has 4 rings (SSSR count). The van der Waals surface area contributed by atoms with Crippen LogP contribution in [-0.4, -0.2) is 39.4 Å². The maximum Gasteiger partial charge on any atom is 0.276 e. The van der Waals surface area contributed by atoms with Gasteiger partial charge in [0, 0.05) is 24.8 Å². The summed E-state index contributed by atoms with van der Waals surface area (Å²) in [5, 5.41) is 16.3. The third kappa shape index (κ3) is 3.34. The molecule has 0 radical (unpaired) electrons. The van der Waals surface area contributed by atoms with Crippen molar-refractivity contribution in [1.29, 1.82) is 0 Å². The monoisotopic (exact) mass is 350 g/mol. The second-order valence-corrected chi connectivity index (χ2v) is 6.17. The number of aromatic nitrogens is 4. The Hall–Kier alpha value is -3.42. The SMILES string of the molecule is O=C(Nc1ccc(-c2cc(=O)[nH][nH]2)cc1)c1ccc(N2CCCC2)nn1. The van der Waals surface area contributed by atoms with E-state index < -0.39 is 0 Å². The van der Waals surface area contributed by atoms with E-state index in [-0.39, 0.29) is 17.2 Å².